The van der Waals surface area contributed by atoms with Crippen LogP contribution in [0.3, 0.4) is 0 Å². The van der Waals surface area contributed by atoms with Crippen molar-refractivity contribution in [1.82, 2.24) is 20.5 Å². The Balaban J connectivity index is 1.87. The molecule has 1 aromatic heterocycles. The third kappa shape index (κ3) is 3.25. The SMILES string of the molecule is CCCc1nc(C(=O)NCC2(C)CCCS2)n[nH]1. The van der Waals surface area contributed by atoms with E-state index in [-0.39, 0.29) is 16.5 Å². The number of amides is 1. The summed E-state index contributed by atoms with van der Waals surface area (Å²) in [6.07, 6.45) is 4.21. The van der Waals surface area contributed by atoms with Crippen molar-refractivity contribution in [2.45, 2.75) is 44.3 Å². The topological polar surface area (TPSA) is 70.7 Å². The zero-order valence-corrected chi connectivity index (χ0v) is 11.8. The van der Waals surface area contributed by atoms with Gasteiger partial charge >= 0.3 is 0 Å². The highest BCUT2D eigenvalue weighted by atomic mass is 32.2. The Morgan fingerprint density at radius 1 is 1.61 bits per heavy atom. The van der Waals surface area contributed by atoms with Crippen molar-refractivity contribution in [3.63, 3.8) is 0 Å². The number of aromatic nitrogens is 3. The lowest BCUT2D eigenvalue weighted by molar-refractivity contribution is 0.0940. The van der Waals surface area contributed by atoms with Crippen LogP contribution in [0.15, 0.2) is 0 Å². The van der Waals surface area contributed by atoms with Crippen molar-refractivity contribution >= 4 is 17.7 Å². The molecule has 0 bridgehead atoms. The van der Waals surface area contributed by atoms with Gasteiger partial charge in [-0.05, 0) is 31.9 Å². The third-order valence-corrected chi connectivity index (χ3v) is 4.68. The van der Waals surface area contributed by atoms with E-state index < -0.39 is 0 Å². The quantitative estimate of drug-likeness (QED) is 0.854. The van der Waals surface area contributed by atoms with Crippen LogP contribution in [0, 0.1) is 0 Å². The van der Waals surface area contributed by atoms with Gasteiger partial charge in [-0.2, -0.15) is 11.8 Å². The molecule has 2 rings (SSSR count). The molecule has 1 amide bonds. The van der Waals surface area contributed by atoms with Crippen LogP contribution in [0.5, 0.6) is 0 Å². The minimum atomic E-state index is -0.178. The number of hydrogen-bond acceptors (Lipinski definition) is 4. The normalized spacial score (nSPS) is 23.2. The predicted molar refractivity (Wildman–Crippen MR) is 72.8 cm³/mol. The Kier molecular flexibility index (Phi) is 4.27. The van der Waals surface area contributed by atoms with Gasteiger partial charge in [0, 0.05) is 17.7 Å². The predicted octanol–water partition coefficient (Wildman–Crippen LogP) is 1.77. The first-order valence-corrected chi connectivity index (χ1v) is 7.45. The fraction of sp³-hybridized carbons (Fsp3) is 0.750. The molecular weight excluding hydrogens is 248 g/mol. The first-order chi connectivity index (χ1) is 8.63. The van der Waals surface area contributed by atoms with E-state index in [0.717, 1.165) is 25.1 Å². The van der Waals surface area contributed by atoms with Gasteiger partial charge in [0.2, 0.25) is 5.82 Å². The number of nitrogens with zero attached hydrogens (tertiary/aromatic N) is 2. The zero-order valence-electron chi connectivity index (χ0n) is 11.0. The van der Waals surface area contributed by atoms with Gasteiger partial charge in [0.15, 0.2) is 0 Å². The van der Waals surface area contributed by atoms with Crippen molar-refractivity contribution in [2.75, 3.05) is 12.3 Å². The highest BCUT2D eigenvalue weighted by Gasteiger charge is 2.30. The summed E-state index contributed by atoms with van der Waals surface area (Å²) in [5.74, 6) is 2.05. The molecule has 5 nitrogen and oxygen atoms in total. The minimum absolute atomic E-state index is 0.178. The van der Waals surface area contributed by atoms with Crippen molar-refractivity contribution < 1.29 is 4.79 Å². The summed E-state index contributed by atoms with van der Waals surface area (Å²) in [5, 5.41) is 9.68. The van der Waals surface area contributed by atoms with Gasteiger partial charge in [-0.1, -0.05) is 6.92 Å². The van der Waals surface area contributed by atoms with Crippen LogP contribution in [-0.2, 0) is 6.42 Å². The van der Waals surface area contributed by atoms with E-state index in [2.05, 4.69) is 34.3 Å². The molecule has 0 saturated carbocycles. The summed E-state index contributed by atoms with van der Waals surface area (Å²) in [6.45, 7) is 4.96. The van der Waals surface area contributed by atoms with Crippen LogP contribution >= 0.6 is 11.8 Å². The first-order valence-electron chi connectivity index (χ1n) is 6.46. The van der Waals surface area contributed by atoms with E-state index in [4.69, 9.17) is 0 Å². The van der Waals surface area contributed by atoms with Crippen LogP contribution in [-0.4, -0.2) is 38.1 Å². The number of H-pyrrole nitrogens is 1. The second kappa shape index (κ2) is 5.73. The first kappa shape index (κ1) is 13.4. The molecule has 0 radical (unpaired) electrons. The number of aryl methyl sites for hydroxylation is 1. The summed E-state index contributed by atoms with van der Waals surface area (Å²) in [7, 11) is 0. The van der Waals surface area contributed by atoms with Gasteiger partial charge in [-0.25, -0.2) is 4.98 Å². The Hall–Kier alpha value is -1.04. The van der Waals surface area contributed by atoms with Gasteiger partial charge < -0.3 is 5.32 Å². The van der Waals surface area contributed by atoms with E-state index in [0.29, 0.717) is 6.54 Å². The number of rotatable bonds is 5. The smallest absolute Gasteiger partial charge is 0.291 e. The molecule has 0 spiro atoms. The van der Waals surface area contributed by atoms with E-state index in [1.807, 2.05) is 11.8 Å². The van der Waals surface area contributed by atoms with Gasteiger partial charge in [0.25, 0.3) is 5.91 Å². The fourth-order valence-electron chi connectivity index (χ4n) is 2.07. The van der Waals surface area contributed by atoms with Gasteiger partial charge in [-0.3, -0.25) is 9.89 Å². The third-order valence-electron chi connectivity index (χ3n) is 3.14. The molecule has 0 aliphatic carbocycles. The van der Waals surface area contributed by atoms with Gasteiger partial charge in [0.05, 0.1) is 0 Å². The molecule has 2 heterocycles. The summed E-state index contributed by atoms with van der Waals surface area (Å²) < 4.78 is 0.179. The maximum absolute atomic E-state index is 11.9. The van der Waals surface area contributed by atoms with E-state index in [1.54, 1.807) is 0 Å². The monoisotopic (exact) mass is 268 g/mol. The average Bonchev–Trinajstić information content (AvgIpc) is 2.97. The molecule has 1 fully saturated rings. The van der Waals surface area contributed by atoms with Gasteiger partial charge in [-0.15, -0.1) is 5.10 Å². The van der Waals surface area contributed by atoms with Crippen molar-refractivity contribution in [1.29, 1.82) is 0 Å². The summed E-state index contributed by atoms with van der Waals surface area (Å²) in [5.41, 5.74) is 0. The molecule has 0 aromatic carbocycles. The zero-order chi connectivity index (χ0) is 13.0. The highest BCUT2D eigenvalue weighted by molar-refractivity contribution is 8.00. The van der Waals surface area contributed by atoms with Crippen LogP contribution in [0.2, 0.25) is 0 Å². The molecule has 1 aliphatic heterocycles. The highest BCUT2D eigenvalue weighted by Crippen LogP contribution is 2.36. The Bertz CT molecular complexity index is 412. The van der Waals surface area contributed by atoms with Gasteiger partial charge in [0.1, 0.15) is 5.82 Å². The van der Waals surface area contributed by atoms with E-state index in [1.165, 1.54) is 12.2 Å². The van der Waals surface area contributed by atoms with E-state index in [9.17, 15) is 4.79 Å². The molecule has 1 saturated heterocycles. The lowest BCUT2D eigenvalue weighted by Crippen LogP contribution is -2.37. The summed E-state index contributed by atoms with van der Waals surface area (Å²) in [6, 6.07) is 0. The van der Waals surface area contributed by atoms with Crippen LogP contribution < -0.4 is 5.32 Å². The lowest BCUT2D eigenvalue weighted by atomic mass is 10.1. The molecule has 1 aromatic rings. The molecule has 1 atom stereocenters. The second-order valence-electron chi connectivity index (χ2n) is 4.94. The van der Waals surface area contributed by atoms with Crippen LogP contribution in [0.4, 0.5) is 0 Å². The van der Waals surface area contributed by atoms with Crippen molar-refractivity contribution in [3.8, 4) is 0 Å². The average molecular weight is 268 g/mol. The maximum Gasteiger partial charge on any atom is 0.291 e. The van der Waals surface area contributed by atoms with Crippen LogP contribution in [0.1, 0.15) is 49.6 Å². The Morgan fingerprint density at radius 3 is 3.11 bits per heavy atom. The van der Waals surface area contributed by atoms with Crippen molar-refractivity contribution in [2.24, 2.45) is 0 Å². The molecule has 2 N–H and O–H groups in total. The number of thioether (sulfide) groups is 1. The molecule has 18 heavy (non-hydrogen) atoms. The van der Waals surface area contributed by atoms with Crippen molar-refractivity contribution in [3.05, 3.63) is 11.6 Å². The summed E-state index contributed by atoms with van der Waals surface area (Å²) in [4.78, 5) is 16.1. The maximum atomic E-state index is 11.9. The Morgan fingerprint density at radius 2 is 2.44 bits per heavy atom. The molecule has 1 aliphatic rings. The molecule has 1 unspecified atom stereocenters. The van der Waals surface area contributed by atoms with E-state index >= 15 is 0 Å². The second-order valence-corrected chi connectivity index (χ2v) is 6.62. The number of carbonyl (C=O) groups is 1. The largest absolute Gasteiger partial charge is 0.348 e. The number of aromatic amines is 1. The molecular formula is C12H20N4OS. The van der Waals surface area contributed by atoms with Crippen LogP contribution in [0.25, 0.3) is 0 Å². The molecule has 6 heteroatoms. The fourth-order valence-corrected chi connectivity index (χ4v) is 3.31. The Labute approximate surface area is 112 Å². The minimum Gasteiger partial charge on any atom is -0.348 e. The number of hydrogen-bond donors (Lipinski definition) is 2. The summed E-state index contributed by atoms with van der Waals surface area (Å²) >= 11 is 1.93. The number of carbonyl (C=O) groups excluding carboxylic acids is 1. The molecule has 100 valence electrons. The number of nitrogens with one attached hydrogen (secondary N) is 2. The standard InChI is InChI=1S/C12H20N4OS/c1-3-5-9-14-10(16-15-9)11(17)13-8-12(2)6-4-7-18-12/h3-8H2,1-2H3,(H,13,17)(H,14,15,16). The lowest BCUT2D eigenvalue weighted by Gasteiger charge is -2.22.